The van der Waals surface area contributed by atoms with Crippen LogP contribution in [0.5, 0.6) is 0 Å². The number of fused-ring (bicyclic) bond motifs is 1. The summed E-state index contributed by atoms with van der Waals surface area (Å²) >= 11 is 0. The molecule has 98 valence electrons. The molecular formula is C13H14N4O2. The van der Waals surface area contributed by atoms with Crippen LogP contribution in [0.3, 0.4) is 0 Å². The van der Waals surface area contributed by atoms with Gasteiger partial charge in [-0.3, -0.25) is 4.79 Å². The summed E-state index contributed by atoms with van der Waals surface area (Å²) in [5.41, 5.74) is 2.14. The van der Waals surface area contributed by atoms with Crippen LogP contribution in [0.4, 0.5) is 5.95 Å². The summed E-state index contributed by atoms with van der Waals surface area (Å²) in [6, 6.07) is 7.30. The number of aromatic nitrogens is 2. The van der Waals surface area contributed by atoms with Gasteiger partial charge in [0.1, 0.15) is 0 Å². The topological polar surface area (TPSA) is 90.8 Å². The lowest BCUT2D eigenvalue weighted by molar-refractivity contribution is -0.142. The predicted molar refractivity (Wildman–Crippen MR) is 70.5 cm³/mol. The molecular weight excluding hydrogens is 244 g/mol. The molecule has 1 aromatic heterocycles. The van der Waals surface area contributed by atoms with Crippen LogP contribution < -0.4 is 5.32 Å². The Labute approximate surface area is 110 Å². The Morgan fingerprint density at radius 2 is 2.42 bits per heavy atom. The summed E-state index contributed by atoms with van der Waals surface area (Å²) in [6.45, 7) is 2.61. The summed E-state index contributed by atoms with van der Waals surface area (Å²) in [4.78, 5) is 18.5. The lowest BCUT2D eigenvalue weighted by atomic mass is 10.2. The van der Waals surface area contributed by atoms with Gasteiger partial charge in [0.05, 0.1) is 35.7 Å². The van der Waals surface area contributed by atoms with Gasteiger partial charge < -0.3 is 15.0 Å². The monoisotopic (exact) mass is 258 g/mol. The summed E-state index contributed by atoms with van der Waals surface area (Å²) in [7, 11) is 0. The maximum Gasteiger partial charge on any atom is 0.307 e. The molecule has 1 aromatic carbocycles. The largest absolute Gasteiger partial charge is 0.466 e. The molecule has 0 spiro atoms. The first-order valence-electron chi connectivity index (χ1n) is 6.02. The first-order valence-corrected chi connectivity index (χ1v) is 6.02. The summed E-state index contributed by atoms with van der Waals surface area (Å²) in [6.07, 6.45) is 0.286. The molecule has 0 aliphatic rings. The van der Waals surface area contributed by atoms with E-state index in [1.165, 1.54) is 0 Å². The molecule has 0 fully saturated rings. The van der Waals surface area contributed by atoms with Gasteiger partial charge in [-0.1, -0.05) is 0 Å². The lowest BCUT2D eigenvalue weighted by Gasteiger charge is -2.02. The number of hydrogen-bond acceptors (Lipinski definition) is 5. The smallest absolute Gasteiger partial charge is 0.307 e. The molecule has 0 bridgehead atoms. The zero-order chi connectivity index (χ0) is 13.7. The summed E-state index contributed by atoms with van der Waals surface area (Å²) in [5, 5.41) is 11.8. The van der Waals surface area contributed by atoms with Gasteiger partial charge in [0.2, 0.25) is 5.95 Å². The van der Waals surface area contributed by atoms with E-state index in [4.69, 9.17) is 10.00 Å². The van der Waals surface area contributed by atoms with Crippen LogP contribution in [0.1, 0.15) is 18.9 Å². The van der Waals surface area contributed by atoms with E-state index < -0.39 is 0 Å². The number of carbonyl (C=O) groups is 1. The van der Waals surface area contributed by atoms with Crippen molar-refractivity contribution >= 4 is 23.0 Å². The Hall–Kier alpha value is -2.55. The second-order valence-electron chi connectivity index (χ2n) is 3.91. The number of imidazole rings is 1. The average Bonchev–Trinajstić information content (AvgIpc) is 2.80. The van der Waals surface area contributed by atoms with Crippen molar-refractivity contribution in [3.8, 4) is 6.07 Å². The van der Waals surface area contributed by atoms with Crippen molar-refractivity contribution in [2.75, 3.05) is 18.5 Å². The highest BCUT2D eigenvalue weighted by atomic mass is 16.5. The number of esters is 1. The highest BCUT2D eigenvalue weighted by molar-refractivity contribution is 5.79. The summed E-state index contributed by atoms with van der Waals surface area (Å²) in [5.74, 6) is 0.340. The molecule has 0 unspecified atom stereocenters. The van der Waals surface area contributed by atoms with Gasteiger partial charge in [-0.2, -0.15) is 5.26 Å². The van der Waals surface area contributed by atoms with E-state index in [-0.39, 0.29) is 12.4 Å². The highest BCUT2D eigenvalue weighted by Crippen LogP contribution is 2.15. The molecule has 2 aromatic rings. The number of hydrogen-bond donors (Lipinski definition) is 2. The van der Waals surface area contributed by atoms with E-state index >= 15 is 0 Å². The number of H-pyrrole nitrogens is 1. The van der Waals surface area contributed by atoms with Crippen molar-refractivity contribution in [1.82, 2.24) is 9.97 Å². The fourth-order valence-electron chi connectivity index (χ4n) is 1.68. The molecule has 0 aliphatic heterocycles. The Kier molecular flexibility index (Phi) is 3.98. The fraction of sp³-hybridized carbons (Fsp3) is 0.308. The minimum absolute atomic E-state index is 0.238. The van der Waals surface area contributed by atoms with Crippen LogP contribution >= 0.6 is 0 Å². The molecule has 19 heavy (non-hydrogen) atoms. The molecule has 0 aliphatic carbocycles. The van der Waals surface area contributed by atoms with Crippen molar-refractivity contribution in [2.45, 2.75) is 13.3 Å². The standard InChI is InChI=1S/C13H14N4O2/c1-2-19-12(18)5-6-15-13-16-10-4-3-9(8-14)7-11(10)17-13/h3-4,7H,2,5-6H2,1H3,(H2,15,16,17). The molecule has 6 nitrogen and oxygen atoms in total. The third-order valence-corrected chi connectivity index (χ3v) is 2.54. The van der Waals surface area contributed by atoms with Crippen molar-refractivity contribution in [3.05, 3.63) is 23.8 Å². The van der Waals surface area contributed by atoms with Crippen LogP contribution in [-0.2, 0) is 9.53 Å². The van der Waals surface area contributed by atoms with Crippen LogP contribution in [-0.4, -0.2) is 29.1 Å². The van der Waals surface area contributed by atoms with Crippen molar-refractivity contribution in [2.24, 2.45) is 0 Å². The van der Waals surface area contributed by atoms with Gasteiger partial charge in [-0.05, 0) is 25.1 Å². The molecule has 0 radical (unpaired) electrons. The maximum absolute atomic E-state index is 11.2. The van der Waals surface area contributed by atoms with Crippen LogP contribution in [0.2, 0.25) is 0 Å². The van der Waals surface area contributed by atoms with Gasteiger partial charge in [0.15, 0.2) is 0 Å². The van der Waals surface area contributed by atoms with Gasteiger partial charge >= 0.3 is 5.97 Å². The highest BCUT2D eigenvalue weighted by Gasteiger charge is 2.05. The van der Waals surface area contributed by atoms with Gasteiger partial charge in [-0.15, -0.1) is 0 Å². The van der Waals surface area contributed by atoms with Crippen molar-refractivity contribution in [1.29, 1.82) is 5.26 Å². The third kappa shape index (κ3) is 3.22. The van der Waals surface area contributed by atoms with E-state index in [0.717, 1.165) is 11.0 Å². The van der Waals surface area contributed by atoms with Crippen LogP contribution in [0.15, 0.2) is 18.2 Å². The van der Waals surface area contributed by atoms with E-state index in [1.54, 1.807) is 25.1 Å². The molecule has 0 saturated heterocycles. The first kappa shape index (κ1) is 12.9. The van der Waals surface area contributed by atoms with Gasteiger partial charge in [0.25, 0.3) is 0 Å². The van der Waals surface area contributed by atoms with Crippen molar-refractivity contribution < 1.29 is 9.53 Å². The number of anilines is 1. The zero-order valence-electron chi connectivity index (χ0n) is 10.6. The van der Waals surface area contributed by atoms with Crippen molar-refractivity contribution in [3.63, 3.8) is 0 Å². The second-order valence-corrected chi connectivity index (χ2v) is 3.91. The number of aromatic amines is 1. The van der Waals surface area contributed by atoms with Gasteiger partial charge in [0, 0.05) is 6.54 Å². The molecule has 0 saturated carbocycles. The normalized spacial score (nSPS) is 10.1. The number of benzene rings is 1. The maximum atomic E-state index is 11.2. The quantitative estimate of drug-likeness (QED) is 0.798. The SMILES string of the molecule is CCOC(=O)CCNc1nc2ccc(C#N)cc2[nH]1. The number of nitriles is 1. The minimum atomic E-state index is -0.238. The number of rotatable bonds is 5. The Morgan fingerprint density at radius 1 is 1.58 bits per heavy atom. The summed E-state index contributed by atoms with van der Waals surface area (Å²) < 4.78 is 4.82. The number of nitrogens with one attached hydrogen (secondary N) is 2. The van der Waals surface area contributed by atoms with Gasteiger partial charge in [-0.25, -0.2) is 4.98 Å². The number of carbonyl (C=O) groups excluding carboxylic acids is 1. The van der Waals surface area contributed by atoms with E-state index in [2.05, 4.69) is 21.4 Å². The second kappa shape index (κ2) is 5.87. The number of nitrogens with zero attached hydrogens (tertiary/aromatic N) is 2. The predicted octanol–water partition coefficient (Wildman–Crippen LogP) is 1.80. The molecule has 0 atom stereocenters. The lowest BCUT2D eigenvalue weighted by Crippen LogP contribution is -2.11. The Balaban J connectivity index is 1.98. The Bertz CT molecular complexity index is 627. The molecule has 1 heterocycles. The third-order valence-electron chi connectivity index (χ3n) is 2.54. The molecule has 0 amide bonds. The average molecular weight is 258 g/mol. The van der Waals surface area contributed by atoms with E-state index in [9.17, 15) is 4.79 Å². The van der Waals surface area contributed by atoms with Crippen LogP contribution in [0.25, 0.3) is 11.0 Å². The first-order chi connectivity index (χ1) is 9.22. The Morgan fingerprint density at radius 3 is 3.16 bits per heavy atom. The fourth-order valence-corrected chi connectivity index (χ4v) is 1.68. The molecule has 2 rings (SSSR count). The van der Waals surface area contributed by atoms with E-state index in [1.807, 2.05) is 0 Å². The zero-order valence-corrected chi connectivity index (χ0v) is 10.6. The molecule has 2 N–H and O–H groups in total. The minimum Gasteiger partial charge on any atom is -0.466 e. The number of ether oxygens (including phenoxy) is 1. The van der Waals surface area contributed by atoms with E-state index in [0.29, 0.717) is 24.7 Å². The molecule has 6 heteroatoms. The van der Waals surface area contributed by atoms with Crippen LogP contribution in [0, 0.1) is 11.3 Å².